The Morgan fingerprint density at radius 3 is 2.56 bits per heavy atom. The molecule has 1 aromatic heterocycles. The lowest BCUT2D eigenvalue weighted by Gasteiger charge is -2.29. The predicted octanol–water partition coefficient (Wildman–Crippen LogP) is 3.48. The van der Waals surface area contributed by atoms with Crippen LogP contribution in [0.2, 0.25) is 5.15 Å². The molecule has 0 aliphatic carbocycles. The fourth-order valence-corrected chi connectivity index (χ4v) is 3.79. The maximum Gasteiger partial charge on any atom is 0.317 e. The summed E-state index contributed by atoms with van der Waals surface area (Å²) in [4.78, 5) is 26.4. The predicted molar refractivity (Wildman–Crippen MR) is 107 cm³/mol. The van der Waals surface area contributed by atoms with E-state index >= 15 is 0 Å². The van der Waals surface area contributed by atoms with Crippen molar-refractivity contribution in [3.63, 3.8) is 0 Å². The smallest absolute Gasteiger partial charge is 0.317 e. The highest BCUT2D eigenvalue weighted by molar-refractivity contribution is 6.33. The summed E-state index contributed by atoms with van der Waals surface area (Å²) < 4.78 is 1.89. The fourth-order valence-electron chi connectivity index (χ4n) is 3.40. The number of carbonyl (C=O) groups excluding carboxylic acids is 2. The summed E-state index contributed by atoms with van der Waals surface area (Å²) in [5, 5.41) is 3.44. The van der Waals surface area contributed by atoms with Crippen LogP contribution in [-0.4, -0.2) is 34.5 Å². The molecule has 1 aliphatic heterocycles. The van der Waals surface area contributed by atoms with E-state index in [1.165, 1.54) is 0 Å². The summed E-state index contributed by atoms with van der Waals surface area (Å²) in [6.07, 6.45) is 0.923. The van der Waals surface area contributed by atoms with E-state index in [0.717, 1.165) is 12.0 Å². The van der Waals surface area contributed by atoms with Gasteiger partial charge in [-0.15, -0.1) is 0 Å². The molecule has 6 nitrogen and oxygen atoms in total. The number of hydrogen-bond donors (Lipinski definition) is 2. The second kappa shape index (κ2) is 8.05. The average Bonchev–Trinajstić information content (AvgIpc) is 2.94. The van der Waals surface area contributed by atoms with Crippen LogP contribution < -0.4 is 11.1 Å². The van der Waals surface area contributed by atoms with Crippen molar-refractivity contribution in [2.45, 2.75) is 33.4 Å². The second-order valence-corrected chi connectivity index (χ2v) is 7.56. The Kier molecular flexibility index (Phi) is 5.75. The Bertz CT molecular complexity index is 845. The Labute approximate surface area is 164 Å². The molecule has 7 heteroatoms. The van der Waals surface area contributed by atoms with Gasteiger partial charge in [-0.25, -0.2) is 4.79 Å². The SMILES string of the molecule is CC(C)CCNC(=O)N1CCn2c(Cl)c(-c3ccccc3)c(C(N)=O)c2C1. The van der Waals surface area contributed by atoms with Crippen molar-refractivity contribution in [1.29, 1.82) is 0 Å². The number of urea groups is 1. The van der Waals surface area contributed by atoms with E-state index in [2.05, 4.69) is 19.2 Å². The zero-order valence-corrected chi connectivity index (χ0v) is 16.4. The Morgan fingerprint density at radius 2 is 1.93 bits per heavy atom. The first-order valence-corrected chi connectivity index (χ1v) is 9.56. The standard InChI is InChI=1S/C20H25ClN4O2/c1-13(2)8-9-23-20(27)24-10-11-25-15(12-24)17(19(22)26)16(18(25)21)14-6-4-3-5-7-14/h3-7,13H,8-12H2,1-2H3,(H2,22,26)(H,23,27). The van der Waals surface area contributed by atoms with Gasteiger partial charge >= 0.3 is 6.03 Å². The molecule has 2 aromatic rings. The number of fused-ring (bicyclic) bond motifs is 1. The van der Waals surface area contributed by atoms with E-state index in [-0.39, 0.29) is 6.03 Å². The topological polar surface area (TPSA) is 80.4 Å². The summed E-state index contributed by atoms with van der Waals surface area (Å²) in [5.74, 6) is -0.0100. The minimum Gasteiger partial charge on any atom is -0.366 e. The molecule has 0 fully saturated rings. The molecule has 3 rings (SSSR count). The monoisotopic (exact) mass is 388 g/mol. The molecule has 144 valence electrons. The van der Waals surface area contributed by atoms with Crippen molar-refractivity contribution in [3.8, 4) is 11.1 Å². The van der Waals surface area contributed by atoms with Crippen LogP contribution in [-0.2, 0) is 13.1 Å². The zero-order valence-electron chi connectivity index (χ0n) is 15.7. The van der Waals surface area contributed by atoms with E-state index in [9.17, 15) is 9.59 Å². The first kappa shape index (κ1) is 19.3. The Balaban J connectivity index is 1.90. The number of nitrogens with two attached hydrogens (primary N) is 1. The number of carbonyl (C=O) groups is 2. The van der Waals surface area contributed by atoms with Crippen LogP contribution in [0.15, 0.2) is 30.3 Å². The molecule has 0 unspecified atom stereocenters. The number of nitrogens with one attached hydrogen (secondary N) is 1. The van der Waals surface area contributed by atoms with Crippen LogP contribution in [0.3, 0.4) is 0 Å². The number of aromatic nitrogens is 1. The van der Waals surface area contributed by atoms with Crippen molar-refractivity contribution in [3.05, 3.63) is 46.7 Å². The highest BCUT2D eigenvalue weighted by Gasteiger charge is 2.31. The molecular weight excluding hydrogens is 364 g/mol. The van der Waals surface area contributed by atoms with Crippen LogP contribution >= 0.6 is 11.6 Å². The van der Waals surface area contributed by atoms with Crippen molar-refractivity contribution in [2.24, 2.45) is 11.7 Å². The highest BCUT2D eigenvalue weighted by Crippen LogP contribution is 2.38. The normalized spacial score (nSPS) is 13.6. The lowest BCUT2D eigenvalue weighted by Crippen LogP contribution is -2.44. The van der Waals surface area contributed by atoms with E-state index < -0.39 is 5.91 Å². The van der Waals surface area contributed by atoms with Gasteiger partial charge < -0.3 is 20.5 Å². The summed E-state index contributed by atoms with van der Waals surface area (Å²) in [6.45, 7) is 6.23. The van der Waals surface area contributed by atoms with Crippen LogP contribution in [0.5, 0.6) is 0 Å². The number of nitrogens with zero attached hydrogens (tertiary/aromatic N) is 2. The molecule has 0 atom stereocenters. The van der Waals surface area contributed by atoms with Crippen molar-refractivity contribution in [2.75, 3.05) is 13.1 Å². The number of halogens is 1. The molecule has 3 N–H and O–H groups in total. The molecule has 0 radical (unpaired) electrons. The lowest BCUT2D eigenvalue weighted by molar-refractivity contribution is 0.0997. The van der Waals surface area contributed by atoms with Gasteiger partial charge in [-0.1, -0.05) is 55.8 Å². The molecule has 27 heavy (non-hydrogen) atoms. The molecule has 0 saturated carbocycles. The maximum atomic E-state index is 12.5. The van der Waals surface area contributed by atoms with E-state index in [1.54, 1.807) is 4.90 Å². The van der Waals surface area contributed by atoms with Gasteiger partial charge in [0.05, 0.1) is 17.8 Å². The third kappa shape index (κ3) is 3.95. The summed E-state index contributed by atoms with van der Waals surface area (Å²) in [7, 11) is 0. The fraction of sp³-hybridized carbons (Fsp3) is 0.400. The van der Waals surface area contributed by atoms with Gasteiger partial charge in [0.15, 0.2) is 0 Å². The number of rotatable bonds is 5. The van der Waals surface area contributed by atoms with Crippen LogP contribution in [0, 0.1) is 5.92 Å². The van der Waals surface area contributed by atoms with Gasteiger partial charge in [-0.2, -0.15) is 0 Å². The third-order valence-electron chi connectivity index (χ3n) is 4.84. The summed E-state index contributed by atoms with van der Waals surface area (Å²) in [5.41, 5.74) is 8.26. The first-order chi connectivity index (χ1) is 12.9. The number of hydrogen-bond acceptors (Lipinski definition) is 2. The minimum atomic E-state index is -0.536. The van der Waals surface area contributed by atoms with Gasteiger partial charge in [-0.05, 0) is 17.9 Å². The average molecular weight is 389 g/mol. The van der Waals surface area contributed by atoms with Crippen molar-refractivity contribution >= 4 is 23.5 Å². The van der Waals surface area contributed by atoms with Crippen molar-refractivity contribution in [1.82, 2.24) is 14.8 Å². The van der Waals surface area contributed by atoms with Crippen LogP contribution in [0.1, 0.15) is 36.3 Å². The highest BCUT2D eigenvalue weighted by atomic mass is 35.5. The number of amides is 3. The third-order valence-corrected chi connectivity index (χ3v) is 5.23. The van der Waals surface area contributed by atoms with E-state index in [0.29, 0.717) is 54.1 Å². The number of primary amides is 1. The lowest BCUT2D eigenvalue weighted by atomic mass is 10.0. The van der Waals surface area contributed by atoms with Gasteiger partial charge in [0.2, 0.25) is 0 Å². The van der Waals surface area contributed by atoms with E-state index in [1.807, 2.05) is 34.9 Å². The molecule has 2 heterocycles. The molecule has 1 aromatic carbocycles. The van der Waals surface area contributed by atoms with Crippen LogP contribution in [0.4, 0.5) is 4.79 Å². The maximum absolute atomic E-state index is 12.5. The summed E-state index contributed by atoms with van der Waals surface area (Å²) in [6, 6.07) is 9.35. The molecule has 0 spiro atoms. The molecule has 1 aliphatic rings. The summed E-state index contributed by atoms with van der Waals surface area (Å²) >= 11 is 6.61. The Hall–Kier alpha value is -2.47. The van der Waals surface area contributed by atoms with Gasteiger partial charge in [-0.3, -0.25) is 4.79 Å². The zero-order chi connectivity index (χ0) is 19.6. The molecular formula is C20H25ClN4O2. The quantitative estimate of drug-likeness (QED) is 0.822. The Morgan fingerprint density at radius 1 is 1.22 bits per heavy atom. The van der Waals surface area contributed by atoms with Gasteiger partial charge in [0, 0.05) is 25.2 Å². The molecule has 0 saturated heterocycles. The van der Waals surface area contributed by atoms with Crippen LogP contribution in [0.25, 0.3) is 11.1 Å². The number of benzene rings is 1. The van der Waals surface area contributed by atoms with E-state index in [4.69, 9.17) is 17.3 Å². The largest absolute Gasteiger partial charge is 0.366 e. The van der Waals surface area contributed by atoms with Gasteiger partial charge in [0.1, 0.15) is 5.15 Å². The minimum absolute atomic E-state index is 0.129. The molecule has 3 amide bonds. The molecule has 0 bridgehead atoms. The second-order valence-electron chi connectivity index (χ2n) is 7.21. The first-order valence-electron chi connectivity index (χ1n) is 9.19. The van der Waals surface area contributed by atoms with Crippen molar-refractivity contribution < 1.29 is 9.59 Å². The van der Waals surface area contributed by atoms with Gasteiger partial charge in [0.25, 0.3) is 5.91 Å².